The maximum absolute atomic E-state index is 5.96. The first kappa shape index (κ1) is 12.7. The second-order valence-corrected chi connectivity index (χ2v) is 5.18. The molecular weight excluding hydrogens is 206 g/mol. The fourth-order valence-electron chi connectivity index (χ4n) is 1.36. The van der Waals surface area contributed by atoms with E-state index in [2.05, 4.69) is 32.9 Å². The normalized spacial score (nSPS) is 15.2. The van der Waals surface area contributed by atoms with E-state index in [4.69, 9.17) is 10.2 Å². The number of thioether (sulfide) groups is 1. The van der Waals surface area contributed by atoms with Gasteiger partial charge in [0.05, 0.1) is 5.75 Å². The maximum atomic E-state index is 5.96. The Morgan fingerprint density at radius 1 is 1.33 bits per heavy atom. The number of rotatable bonds is 6. The van der Waals surface area contributed by atoms with E-state index in [9.17, 15) is 0 Å². The van der Waals surface area contributed by atoms with E-state index in [1.54, 1.807) is 0 Å². The van der Waals surface area contributed by atoms with E-state index < -0.39 is 0 Å². The number of hydrogen-bond donors (Lipinski definition) is 1. The van der Waals surface area contributed by atoms with Crippen molar-refractivity contribution < 1.29 is 4.42 Å². The number of nitrogens with two attached hydrogens (primary N) is 1. The SMILES string of the molecule is CCc1ccc(CSC(C)C(N)CC)o1. The van der Waals surface area contributed by atoms with Crippen LogP contribution >= 0.6 is 11.8 Å². The van der Waals surface area contributed by atoms with Crippen LogP contribution in [0, 0.1) is 0 Å². The van der Waals surface area contributed by atoms with Crippen LogP contribution < -0.4 is 5.73 Å². The van der Waals surface area contributed by atoms with E-state index >= 15 is 0 Å². The van der Waals surface area contributed by atoms with E-state index in [-0.39, 0.29) is 6.04 Å². The quantitative estimate of drug-likeness (QED) is 0.811. The van der Waals surface area contributed by atoms with Crippen molar-refractivity contribution in [2.24, 2.45) is 5.73 Å². The van der Waals surface area contributed by atoms with Crippen LogP contribution in [0.2, 0.25) is 0 Å². The van der Waals surface area contributed by atoms with Crippen molar-refractivity contribution >= 4 is 11.8 Å². The largest absolute Gasteiger partial charge is 0.465 e. The van der Waals surface area contributed by atoms with Gasteiger partial charge < -0.3 is 10.2 Å². The van der Waals surface area contributed by atoms with Crippen LogP contribution in [0.15, 0.2) is 16.5 Å². The van der Waals surface area contributed by atoms with Gasteiger partial charge in [0.1, 0.15) is 11.5 Å². The molecule has 0 fully saturated rings. The van der Waals surface area contributed by atoms with Crippen molar-refractivity contribution in [3.05, 3.63) is 23.7 Å². The Kier molecular flexibility index (Phi) is 5.26. The summed E-state index contributed by atoms with van der Waals surface area (Å²) in [5.74, 6) is 3.06. The fourth-order valence-corrected chi connectivity index (χ4v) is 2.38. The van der Waals surface area contributed by atoms with Crippen molar-refractivity contribution in [2.75, 3.05) is 0 Å². The van der Waals surface area contributed by atoms with Gasteiger partial charge in [-0.25, -0.2) is 0 Å². The summed E-state index contributed by atoms with van der Waals surface area (Å²) in [5.41, 5.74) is 5.96. The molecule has 2 unspecified atom stereocenters. The van der Waals surface area contributed by atoms with Crippen molar-refractivity contribution in [2.45, 2.75) is 50.7 Å². The molecule has 0 saturated heterocycles. The molecule has 0 bridgehead atoms. The minimum absolute atomic E-state index is 0.288. The van der Waals surface area contributed by atoms with Gasteiger partial charge >= 0.3 is 0 Å². The summed E-state index contributed by atoms with van der Waals surface area (Å²) >= 11 is 1.87. The monoisotopic (exact) mass is 227 g/mol. The predicted octanol–water partition coefficient (Wildman–Crippen LogP) is 3.20. The van der Waals surface area contributed by atoms with Gasteiger partial charge in [0.15, 0.2) is 0 Å². The van der Waals surface area contributed by atoms with Crippen molar-refractivity contribution in [1.29, 1.82) is 0 Å². The molecule has 2 atom stereocenters. The highest BCUT2D eigenvalue weighted by atomic mass is 32.2. The zero-order chi connectivity index (χ0) is 11.3. The standard InChI is InChI=1S/C12H21NOS/c1-4-10-6-7-11(14-10)8-15-9(3)12(13)5-2/h6-7,9,12H,4-5,8,13H2,1-3H3. The third-order valence-electron chi connectivity index (χ3n) is 2.63. The first-order valence-corrected chi connectivity index (χ1v) is 6.67. The lowest BCUT2D eigenvalue weighted by atomic mass is 10.2. The van der Waals surface area contributed by atoms with Crippen LogP contribution in [-0.2, 0) is 12.2 Å². The number of hydrogen-bond acceptors (Lipinski definition) is 3. The third-order valence-corrected chi connectivity index (χ3v) is 3.96. The third kappa shape index (κ3) is 3.92. The Balaban J connectivity index is 2.36. The van der Waals surface area contributed by atoms with E-state index in [1.165, 1.54) is 0 Å². The zero-order valence-electron chi connectivity index (χ0n) is 9.82. The summed E-state index contributed by atoms with van der Waals surface area (Å²) in [7, 11) is 0. The van der Waals surface area contributed by atoms with E-state index in [0.29, 0.717) is 5.25 Å². The fraction of sp³-hybridized carbons (Fsp3) is 0.667. The molecule has 2 N–H and O–H groups in total. The molecule has 3 heteroatoms. The predicted molar refractivity (Wildman–Crippen MR) is 67.1 cm³/mol. The second-order valence-electron chi connectivity index (χ2n) is 3.81. The molecule has 0 aliphatic rings. The molecule has 1 heterocycles. The highest BCUT2D eigenvalue weighted by molar-refractivity contribution is 7.99. The van der Waals surface area contributed by atoms with Crippen molar-refractivity contribution in [1.82, 2.24) is 0 Å². The topological polar surface area (TPSA) is 39.2 Å². The second kappa shape index (κ2) is 6.23. The molecule has 1 rings (SSSR count). The lowest BCUT2D eigenvalue weighted by molar-refractivity contribution is 0.485. The molecule has 86 valence electrons. The Morgan fingerprint density at radius 3 is 2.53 bits per heavy atom. The first-order chi connectivity index (χ1) is 7.17. The van der Waals surface area contributed by atoms with Gasteiger partial charge in [-0.2, -0.15) is 0 Å². The Morgan fingerprint density at radius 2 is 2.00 bits per heavy atom. The van der Waals surface area contributed by atoms with E-state index in [1.807, 2.05) is 11.8 Å². The molecule has 0 spiro atoms. The van der Waals surface area contributed by atoms with Crippen LogP contribution in [0.4, 0.5) is 0 Å². The minimum Gasteiger partial charge on any atom is -0.465 e. The summed E-state index contributed by atoms with van der Waals surface area (Å²) in [5, 5.41) is 0.491. The zero-order valence-corrected chi connectivity index (χ0v) is 10.6. The molecule has 1 aromatic rings. The highest BCUT2D eigenvalue weighted by Crippen LogP contribution is 2.22. The molecule has 0 aliphatic heterocycles. The van der Waals surface area contributed by atoms with Crippen LogP contribution in [0.5, 0.6) is 0 Å². The minimum atomic E-state index is 0.288. The van der Waals surface area contributed by atoms with Crippen LogP contribution in [-0.4, -0.2) is 11.3 Å². The van der Waals surface area contributed by atoms with Gasteiger partial charge in [0.25, 0.3) is 0 Å². The number of furan rings is 1. The molecular formula is C12H21NOS. The number of aryl methyl sites for hydroxylation is 1. The van der Waals surface area contributed by atoms with Gasteiger partial charge in [-0.05, 0) is 18.6 Å². The van der Waals surface area contributed by atoms with Crippen LogP contribution in [0.3, 0.4) is 0 Å². The summed E-state index contributed by atoms with van der Waals surface area (Å²) in [6.45, 7) is 6.41. The Hall–Kier alpha value is -0.410. The summed E-state index contributed by atoms with van der Waals surface area (Å²) in [6, 6.07) is 4.41. The Labute approximate surface area is 96.6 Å². The highest BCUT2D eigenvalue weighted by Gasteiger charge is 2.11. The van der Waals surface area contributed by atoms with Gasteiger partial charge in [0.2, 0.25) is 0 Å². The van der Waals surface area contributed by atoms with Gasteiger partial charge in [-0.1, -0.05) is 20.8 Å². The van der Waals surface area contributed by atoms with Gasteiger partial charge in [-0.3, -0.25) is 0 Å². The first-order valence-electron chi connectivity index (χ1n) is 5.62. The summed E-state index contributed by atoms with van der Waals surface area (Å²) in [4.78, 5) is 0. The summed E-state index contributed by atoms with van der Waals surface area (Å²) in [6.07, 6.45) is 2.00. The van der Waals surface area contributed by atoms with Gasteiger partial charge in [0, 0.05) is 17.7 Å². The lowest BCUT2D eigenvalue weighted by Crippen LogP contribution is -2.29. The molecule has 0 aliphatic carbocycles. The molecule has 2 nitrogen and oxygen atoms in total. The van der Waals surface area contributed by atoms with Crippen molar-refractivity contribution in [3.8, 4) is 0 Å². The lowest BCUT2D eigenvalue weighted by Gasteiger charge is -2.16. The molecule has 0 radical (unpaired) electrons. The molecule has 1 aromatic heterocycles. The van der Waals surface area contributed by atoms with E-state index in [0.717, 1.165) is 30.1 Å². The van der Waals surface area contributed by atoms with Crippen LogP contribution in [0.25, 0.3) is 0 Å². The molecule has 15 heavy (non-hydrogen) atoms. The average Bonchev–Trinajstić information content (AvgIpc) is 2.72. The molecule has 0 amide bonds. The van der Waals surface area contributed by atoms with Crippen molar-refractivity contribution in [3.63, 3.8) is 0 Å². The van der Waals surface area contributed by atoms with Crippen LogP contribution in [0.1, 0.15) is 38.7 Å². The average molecular weight is 227 g/mol. The smallest absolute Gasteiger partial charge is 0.114 e. The van der Waals surface area contributed by atoms with Gasteiger partial charge in [-0.15, -0.1) is 11.8 Å². The molecule has 0 saturated carbocycles. The molecule has 0 aromatic carbocycles. The maximum Gasteiger partial charge on any atom is 0.114 e. The Bertz CT molecular complexity index is 285. The summed E-state index contributed by atoms with van der Waals surface area (Å²) < 4.78 is 5.63.